The third kappa shape index (κ3) is 2.57. The average molecular weight is 333 g/mol. The summed E-state index contributed by atoms with van der Waals surface area (Å²) in [7, 11) is 0. The maximum atomic E-state index is 2.60. The minimum Gasteiger partial charge on any atom is -0.0622 e. The number of rotatable bonds is 2. The van der Waals surface area contributed by atoms with Gasteiger partial charge in [0.2, 0.25) is 0 Å². The largest absolute Gasteiger partial charge is 0.0622 e. The fourth-order valence-corrected chi connectivity index (χ4v) is 6.19. The van der Waals surface area contributed by atoms with Crippen molar-refractivity contribution in [3.63, 3.8) is 0 Å². The average Bonchev–Trinajstić information content (AvgIpc) is 2.89. The van der Waals surface area contributed by atoms with Gasteiger partial charge >= 0.3 is 0 Å². The van der Waals surface area contributed by atoms with Gasteiger partial charge in [-0.25, -0.2) is 0 Å². The van der Waals surface area contributed by atoms with Gasteiger partial charge in [-0.2, -0.15) is 0 Å². The van der Waals surface area contributed by atoms with Gasteiger partial charge in [-0.05, 0) is 78.9 Å². The highest BCUT2D eigenvalue weighted by Gasteiger charge is 2.55. The quantitative estimate of drug-likeness (QED) is 0.567. The van der Waals surface area contributed by atoms with Crippen LogP contribution in [0.1, 0.15) is 73.3 Å². The number of fused-ring (bicyclic) bond motifs is 3. The second-order valence-corrected chi connectivity index (χ2v) is 9.18. The molecule has 2 aliphatic rings. The zero-order chi connectivity index (χ0) is 17.8. The first kappa shape index (κ1) is 16.9. The minimum atomic E-state index is 0.387. The number of benzene rings is 2. The number of hydrogen-bond donors (Lipinski definition) is 0. The van der Waals surface area contributed by atoms with Crippen LogP contribution < -0.4 is 0 Å². The highest BCUT2D eigenvalue weighted by atomic mass is 14.6. The summed E-state index contributed by atoms with van der Waals surface area (Å²) in [6.07, 6.45) is 3.94. The van der Waals surface area contributed by atoms with E-state index in [1.807, 2.05) is 0 Å². The molecule has 2 aliphatic carbocycles. The van der Waals surface area contributed by atoms with Gasteiger partial charge in [0.05, 0.1) is 0 Å². The molecular weight excluding hydrogens is 300 g/mol. The molecule has 4 rings (SSSR count). The topological polar surface area (TPSA) is 0 Å². The molecule has 4 atom stereocenters. The second kappa shape index (κ2) is 6.01. The second-order valence-electron chi connectivity index (χ2n) is 9.18. The van der Waals surface area contributed by atoms with E-state index in [9.17, 15) is 0 Å². The van der Waals surface area contributed by atoms with E-state index < -0.39 is 0 Å². The van der Waals surface area contributed by atoms with E-state index in [2.05, 4.69) is 77.1 Å². The minimum absolute atomic E-state index is 0.387. The molecule has 0 radical (unpaired) electrons. The molecule has 1 fully saturated rings. The van der Waals surface area contributed by atoms with Crippen LogP contribution in [0.5, 0.6) is 0 Å². The molecule has 0 nitrogen and oxygen atoms in total. The Morgan fingerprint density at radius 1 is 1.00 bits per heavy atom. The van der Waals surface area contributed by atoms with Crippen molar-refractivity contribution in [3.8, 4) is 0 Å². The van der Waals surface area contributed by atoms with Gasteiger partial charge in [0.1, 0.15) is 0 Å². The van der Waals surface area contributed by atoms with E-state index in [0.29, 0.717) is 17.3 Å². The summed E-state index contributed by atoms with van der Waals surface area (Å²) in [5, 5.41) is 0. The first-order valence-electron chi connectivity index (χ1n) is 10.1. The molecule has 0 bridgehead atoms. The lowest BCUT2D eigenvalue weighted by Gasteiger charge is -2.44. The van der Waals surface area contributed by atoms with Gasteiger partial charge in [0.15, 0.2) is 0 Å². The fraction of sp³-hybridized carbons (Fsp3) is 0.520. The van der Waals surface area contributed by atoms with Crippen LogP contribution in [0.2, 0.25) is 0 Å². The van der Waals surface area contributed by atoms with Crippen LogP contribution in [0.4, 0.5) is 0 Å². The van der Waals surface area contributed by atoms with Crippen LogP contribution in [0.3, 0.4) is 0 Å². The molecule has 0 aliphatic heterocycles. The predicted molar refractivity (Wildman–Crippen MR) is 107 cm³/mol. The van der Waals surface area contributed by atoms with Crippen LogP contribution >= 0.6 is 0 Å². The molecule has 0 spiro atoms. The van der Waals surface area contributed by atoms with Crippen molar-refractivity contribution in [2.24, 2.45) is 17.3 Å². The Bertz CT molecular complexity index is 764. The Labute approximate surface area is 153 Å². The third-order valence-corrected chi connectivity index (χ3v) is 7.59. The molecule has 1 saturated carbocycles. The summed E-state index contributed by atoms with van der Waals surface area (Å²) in [6, 6.07) is 16.5. The van der Waals surface area contributed by atoms with E-state index in [1.165, 1.54) is 30.4 Å². The highest BCUT2D eigenvalue weighted by molar-refractivity contribution is 5.40. The van der Waals surface area contributed by atoms with Gasteiger partial charge in [-0.15, -0.1) is 0 Å². The molecule has 0 amide bonds. The Morgan fingerprint density at radius 2 is 1.68 bits per heavy atom. The lowest BCUT2D eigenvalue weighted by atomic mass is 9.60. The lowest BCUT2D eigenvalue weighted by Crippen LogP contribution is -2.36. The van der Waals surface area contributed by atoms with Gasteiger partial charge in [0, 0.05) is 0 Å². The monoisotopic (exact) mass is 332 g/mol. The van der Waals surface area contributed by atoms with E-state index in [4.69, 9.17) is 0 Å². The fourth-order valence-electron chi connectivity index (χ4n) is 6.19. The van der Waals surface area contributed by atoms with Crippen molar-refractivity contribution >= 4 is 0 Å². The predicted octanol–water partition coefficient (Wildman–Crippen LogP) is 6.80. The zero-order valence-electron chi connectivity index (χ0n) is 16.5. The zero-order valence-corrected chi connectivity index (χ0v) is 16.5. The smallest absolute Gasteiger partial charge is 0.00965 e. The Balaban J connectivity index is 1.83. The molecular formula is C25H32. The third-order valence-electron chi connectivity index (χ3n) is 7.59. The van der Waals surface area contributed by atoms with Gasteiger partial charge in [-0.1, -0.05) is 74.4 Å². The molecule has 2 aromatic rings. The maximum Gasteiger partial charge on any atom is -0.00965 e. The van der Waals surface area contributed by atoms with Crippen LogP contribution in [0, 0.1) is 31.1 Å². The van der Waals surface area contributed by atoms with Gasteiger partial charge in [0.25, 0.3) is 0 Å². The van der Waals surface area contributed by atoms with E-state index in [1.54, 1.807) is 16.7 Å². The molecule has 2 aromatic carbocycles. The molecule has 25 heavy (non-hydrogen) atoms. The van der Waals surface area contributed by atoms with Crippen LogP contribution in [0.15, 0.2) is 42.5 Å². The first-order chi connectivity index (χ1) is 11.9. The van der Waals surface area contributed by atoms with Crippen molar-refractivity contribution in [1.29, 1.82) is 0 Å². The van der Waals surface area contributed by atoms with Crippen molar-refractivity contribution in [1.82, 2.24) is 0 Å². The molecule has 132 valence electrons. The van der Waals surface area contributed by atoms with E-state index in [0.717, 1.165) is 11.8 Å². The Hall–Kier alpha value is -1.56. The summed E-state index contributed by atoms with van der Waals surface area (Å²) < 4.78 is 0. The van der Waals surface area contributed by atoms with Crippen molar-refractivity contribution in [2.75, 3.05) is 0 Å². The molecule has 4 unspecified atom stereocenters. The Morgan fingerprint density at radius 3 is 2.36 bits per heavy atom. The summed E-state index contributed by atoms with van der Waals surface area (Å²) >= 11 is 0. The number of aryl methyl sites for hydroxylation is 3. The summed E-state index contributed by atoms with van der Waals surface area (Å²) in [5.74, 6) is 2.93. The molecule has 0 aromatic heterocycles. The van der Waals surface area contributed by atoms with Crippen molar-refractivity contribution in [3.05, 3.63) is 70.3 Å². The van der Waals surface area contributed by atoms with E-state index in [-0.39, 0.29) is 0 Å². The first-order valence-corrected chi connectivity index (χ1v) is 10.1. The van der Waals surface area contributed by atoms with Crippen molar-refractivity contribution in [2.45, 2.75) is 65.7 Å². The summed E-state index contributed by atoms with van der Waals surface area (Å²) in [6.45, 7) is 12.0. The highest BCUT2D eigenvalue weighted by Crippen LogP contribution is 2.65. The standard InChI is InChI=1S/C25H32/c1-16(2)25(5)23-11-10-19-8-6-7-9-21(19)22(23)15-24(25)20-13-17(3)12-18(4)14-20/h6-9,12-14,16,22-24H,10-11,15H2,1-5H3. The molecule has 0 N–H and O–H groups in total. The molecule has 0 heterocycles. The molecule has 0 saturated heterocycles. The lowest BCUT2D eigenvalue weighted by molar-refractivity contribution is 0.108. The van der Waals surface area contributed by atoms with Crippen LogP contribution in [-0.4, -0.2) is 0 Å². The molecule has 0 heteroatoms. The Kier molecular flexibility index (Phi) is 4.06. The van der Waals surface area contributed by atoms with Crippen LogP contribution in [0.25, 0.3) is 0 Å². The summed E-state index contributed by atoms with van der Waals surface area (Å²) in [4.78, 5) is 0. The SMILES string of the molecule is Cc1cc(C)cc(C2CC3c4ccccc4CCC3C2(C)C(C)C)c1. The normalized spacial score (nSPS) is 31.0. The summed E-state index contributed by atoms with van der Waals surface area (Å²) in [5.41, 5.74) is 8.06. The maximum absolute atomic E-state index is 2.60. The number of hydrogen-bond acceptors (Lipinski definition) is 0. The van der Waals surface area contributed by atoms with Gasteiger partial charge < -0.3 is 0 Å². The van der Waals surface area contributed by atoms with E-state index >= 15 is 0 Å². The van der Waals surface area contributed by atoms with Gasteiger partial charge in [-0.3, -0.25) is 0 Å². The van der Waals surface area contributed by atoms with Crippen molar-refractivity contribution < 1.29 is 0 Å². The van der Waals surface area contributed by atoms with Crippen LogP contribution in [-0.2, 0) is 6.42 Å².